The lowest BCUT2D eigenvalue weighted by Crippen LogP contribution is -2.61. The lowest BCUT2D eigenvalue weighted by atomic mass is 9.96. The largest absolute Gasteiger partial charge is 0.508 e. The van der Waals surface area contributed by atoms with Crippen LogP contribution >= 0.6 is 0 Å². The maximum absolute atomic E-state index is 14.5. The highest BCUT2D eigenvalue weighted by Crippen LogP contribution is 2.22. The molecule has 2 rings (SSSR count). The Morgan fingerprint density at radius 2 is 1.26 bits per heavy atom. The van der Waals surface area contributed by atoms with Crippen molar-refractivity contribution in [1.82, 2.24) is 36.8 Å². The van der Waals surface area contributed by atoms with Gasteiger partial charge in [0.1, 0.15) is 48.0 Å². The standard InChI is InChI=1S/C42H66N10O13/c1-7-22(6)34(40(62)50-33(21(4)5)42(64)65)51-38(60)29-9-8-16-52(29)41(63)27(17-23-10-12-24(54)13-11-23)48-36(58)26(18-31(44)56)47-35(57)25(14-15-30(43)55)46-37(59)28(19-53)49-39(61)32(45)20(2)3/h10-13,20-22,25-29,32-34,53-54H,7-9,14-19,45H2,1-6H3,(H2,43,55)(H2,44,56)(H,46,59)(H,47,57)(H,48,58)(H,49,61)(H,50,62)(H,51,60)(H,64,65). The van der Waals surface area contributed by atoms with Gasteiger partial charge in [0.2, 0.25) is 53.2 Å². The normalized spacial score (nSPS) is 17.3. The van der Waals surface area contributed by atoms with Gasteiger partial charge in [-0.1, -0.05) is 60.1 Å². The minimum absolute atomic E-state index is 0.0366. The zero-order valence-electron chi connectivity index (χ0n) is 37.6. The Hall–Kier alpha value is -6.36. The van der Waals surface area contributed by atoms with E-state index in [9.17, 15) is 63.3 Å². The van der Waals surface area contributed by atoms with Crippen LogP contribution in [0.15, 0.2) is 24.3 Å². The average Bonchev–Trinajstić information content (AvgIpc) is 3.74. The van der Waals surface area contributed by atoms with Gasteiger partial charge in [-0.25, -0.2) is 4.79 Å². The number of amides is 9. The van der Waals surface area contributed by atoms with Crippen LogP contribution in [0.5, 0.6) is 5.75 Å². The molecular formula is C42H66N10O13. The summed E-state index contributed by atoms with van der Waals surface area (Å²) >= 11 is 0. The van der Waals surface area contributed by atoms with E-state index in [1.807, 2.05) is 0 Å². The molecule has 0 saturated carbocycles. The number of aliphatic carboxylic acids is 1. The molecule has 1 aliphatic heterocycles. The number of carboxylic acid groups (broad SMARTS) is 1. The first-order chi connectivity index (χ1) is 30.4. The number of aromatic hydroxyl groups is 1. The molecule has 0 bridgehead atoms. The van der Waals surface area contributed by atoms with E-state index < -0.39 is 145 Å². The van der Waals surface area contributed by atoms with Crippen LogP contribution in [-0.2, 0) is 54.4 Å². The first-order valence-corrected chi connectivity index (χ1v) is 21.5. The van der Waals surface area contributed by atoms with Crippen LogP contribution in [0, 0.1) is 17.8 Å². The molecule has 0 aromatic heterocycles. The second-order valence-corrected chi connectivity index (χ2v) is 16.9. The highest BCUT2D eigenvalue weighted by atomic mass is 16.4. The predicted molar refractivity (Wildman–Crippen MR) is 232 cm³/mol. The summed E-state index contributed by atoms with van der Waals surface area (Å²) in [6, 6.07) is -5.53. The molecule has 9 amide bonds. The van der Waals surface area contributed by atoms with Gasteiger partial charge in [0.15, 0.2) is 0 Å². The van der Waals surface area contributed by atoms with Crippen molar-refractivity contribution in [2.24, 2.45) is 35.0 Å². The van der Waals surface area contributed by atoms with Gasteiger partial charge in [0.25, 0.3) is 0 Å². The number of rotatable bonds is 26. The quantitative estimate of drug-likeness (QED) is 0.0434. The van der Waals surface area contributed by atoms with Gasteiger partial charge >= 0.3 is 5.97 Å². The Balaban J connectivity index is 2.45. The molecule has 0 aliphatic carbocycles. The number of nitrogens with zero attached hydrogens (tertiary/aromatic N) is 1. The smallest absolute Gasteiger partial charge is 0.326 e. The molecular weight excluding hydrogens is 853 g/mol. The number of nitrogens with one attached hydrogen (secondary N) is 6. The zero-order chi connectivity index (χ0) is 49.3. The Morgan fingerprint density at radius 1 is 0.708 bits per heavy atom. The number of carboxylic acids is 1. The third-order valence-electron chi connectivity index (χ3n) is 11.0. The van der Waals surface area contributed by atoms with Gasteiger partial charge in [-0.05, 0) is 54.7 Å². The predicted octanol–water partition coefficient (Wildman–Crippen LogP) is -3.26. The third-order valence-corrected chi connectivity index (χ3v) is 11.0. The maximum atomic E-state index is 14.5. The zero-order valence-corrected chi connectivity index (χ0v) is 37.6. The van der Waals surface area contributed by atoms with Gasteiger partial charge in [0, 0.05) is 19.4 Å². The summed E-state index contributed by atoms with van der Waals surface area (Å²) in [6.45, 7) is 9.12. The van der Waals surface area contributed by atoms with Crippen molar-refractivity contribution >= 4 is 59.1 Å². The Bertz CT molecular complexity index is 1880. The molecule has 1 aliphatic rings. The monoisotopic (exact) mass is 918 g/mol. The van der Waals surface area contributed by atoms with E-state index in [2.05, 4.69) is 31.9 Å². The molecule has 23 nitrogen and oxygen atoms in total. The minimum atomic E-state index is -1.80. The van der Waals surface area contributed by atoms with Gasteiger partial charge in [0.05, 0.1) is 19.1 Å². The van der Waals surface area contributed by atoms with Gasteiger partial charge in [-0.3, -0.25) is 43.2 Å². The van der Waals surface area contributed by atoms with Crippen molar-refractivity contribution in [3.63, 3.8) is 0 Å². The Kier molecular flexibility index (Phi) is 21.8. The van der Waals surface area contributed by atoms with E-state index in [1.54, 1.807) is 41.5 Å². The van der Waals surface area contributed by atoms with Crippen molar-refractivity contribution < 1.29 is 63.3 Å². The second kappa shape index (κ2) is 25.8. The maximum Gasteiger partial charge on any atom is 0.326 e. The number of primary amides is 2. The molecule has 1 heterocycles. The number of carbonyl (C=O) groups excluding carboxylic acids is 9. The summed E-state index contributed by atoms with van der Waals surface area (Å²) in [5.41, 5.74) is 17.0. The summed E-state index contributed by atoms with van der Waals surface area (Å²) in [5, 5.41) is 44.1. The first kappa shape index (κ1) is 54.8. The van der Waals surface area contributed by atoms with E-state index >= 15 is 0 Å². The molecule has 1 fully saturated rings. The number of nitrogens with two attached hydrogens (primary N) is 3. The van der Waals surface area contributed by atoms with E-state index in [1.165, 1.54) is 29.2 Å². The number of aliphatic hydroxyl groups excluding tert-OH is 1. The van der Waals surface area contributed by atoms with Crippen molar-refractivity contribution in [3.8, 4) is 5.75 Å². The number of phenols is 1. The number of likely N-dealkylation sites (tertiary alicyclic amines) is 1. The van der Waals surface area contributed by atoms with Crippen molar-refractivity contribution in [2.45, 2.75) is 135 Å². The van der Waals surface area contributed by atoms with Crippen LogP contribution in [0.1, 0.15) is 85.6 Å². The van der Waals surface area contributed by atoms with E-state index in [0.29, 0.717) is 18.4 Å². The molecule has 9 atom stereocenters. The lowest BCUT2D eigenvalue weighted by molar-refractivity contribution is -0.145. The summed E-state index contributed by atoms with van der Waals surface area (Å²) in [6.07, 6.45) is -1.05. The molecule has 1 aromatic carbocycles. The number of carbonyl (C=O) groups is 10. The Morgan fingerprint density at radius 3 is 1.78 bits per heavy atom. The van der Waals surface area contributed by atoms with Crippen molar-refractivity contribution in [1.29, 1.82) is 0 Å². The van der Waals surface area contributed by atoms with E-state index in [-0.39, 0.29) is 31.1 Å². The van der Waals surface area contributed by atoms with Gasteiger partial charge in [-0.2, -0.15) is 0 Å². The minimum Gasteiger partial charge on any atom is -0.508 e. The van der Waals surface area contributed by atoms with Crippen LogP contribution in [-0.4, -0.2) is 141 Å². The first-order valence-electron chi connectivity index (χ1n) is 21.5. The molecule has 0 radical (unpaired) electrons. The molecule has 362 valence electrons. The van der Waals surface area contributed by atoms with Gasteiger partial charge < -0.3 is 69.3 Å². The summed E-state index contributed by atoms with van der Waals surface area (Å²) in [4.78, 5) is 132. The van der Waals surface area contributed by atoms with Gasteiger partial charge in [-0.15, -0.1) is 0 Å². The topological polar surface area (TPSA) is 385 Å². The number of benzene rings is 1. The number of phenolic OH excluding ortho intramolecular Hbond substituents is 1. The number of hydrogen-bond acceptors (Lipinski definition) is 13. The molecule has 23 heteroatoms. The molecule has 65 heavy (non-hydrogen) atoms. The third kappa shape index (κ3) is 16.9. The summed E-state index contributed by atoms with van der Waals surface area (Å²) in [5.74, 6) is -10.9. The fraction of sp³-hybridized carbons (Fsp3) is 0.619. The SMILES string of the molecule is CCC(C)C(NC(=O)C1CCCN1C(=O)C(Cc1ccc(O)cc1)NC(=O)C(CC(N)=O)NC(=O)C(CCC(N)=O)NC(=O)C(CO)NC(=O)C(N)C(C)C)C(=O)NC(C(=O)O)C(C)C. The highest BCUT2D eigenvalue weighted by molar-refractivity contribution is 5.99. The fourth-order valence-corrected chi connectivity index (χ4v) is 6.83. The molecule has 9 unspecified atom stereocenters. The van der Waals surface area contributed by atoms with Crippen molar-refractivity contribution in [3.05, 3.63) is 29.8 Å². The van der Waals surface area contributed by atoms with Crippen LogP contribution in [0.25, 0.3) is 0 Å². The van der Waals surface area contributed by atoms with Crippen LogP contribution < -0.4 is 49.1 Å². The van der Waals surface area contributed by atoms with Crippen LogP contribution in [0.3, 0.4) is 0 Å². The number of hydrogen-bond donors (Lipinski definition) is 12. The summed E-state index contributed by atoms with van der Waals surface area (Å²) in [7, 11) is 0. The second-order valence-electron chi connectivity index (χ2n) is 16.9. The number of aliphatic hydroxyl groups is 1. The van der Waals surface area contributed by atoms with E-state index in [4.69, 9.17) is 17.2 Å². The average molecular weight is 919 g/mol. The molecule has 1 aromatic rings. The highest BCUT2D eigenvalue weighted by Gasteiger charge is 2.41. The van der Waals surface area contributed by atoms with Crippen molar-refractivity contribution in [2.75, 3.05) is 13.2 Å². The lowest BCUT2D eigenvalue weighted by Gasteiger charge is -2.32. The summed E-state index contributed by atoms with van der Waals surface area (Å²) < 4.78 is 0. The fourth-order valence-electron chi connectivity index (χ4n) is 6.83. The molecule has 0 spiro atoms. The van der Waals surface area contributed by atoms with E-state index in [0.717, 1.165) is 0 Å². The van der Waals surface area contributed by atoms with Crippen LogP contribution in [0.4, 0.5) is 0 Å². The van der Waals surface area contributed by atoms with Crippen LogP contribution in [0.2, 0.25) is 0 Å². The Labute approximate surface area is 377 Å². The molecule has 15 N–H and O–H groups in total. The molecule has 1 saturated heterocycles.